The zero-order valence-corrected chi connectivity index (χ0v) is 29.4. The summed E-state index contributed by atoms with van der Waals surface area (Å²) in [5, 5.41) is 31.2. The summed E-state index contributed by atoms with van der Waals surface area (Å²) < 4.78 is 53.2. The van der Waals surface area contributed by atoms with Gasteiger partial charge in [-0.3, -0.25) is 14.9 Å². The number of carboxylic acid groups (broad SMARTS) is 2. The van der Waals surface area contributed by atoms with Gasteiger partial charge in [-0.2, -0.15) is 4.72 Å². The number of sulfonamides is 2. The number of nitrogens with one attached hydrogen (secondary N) is 3. The molecule has 1 unspecified atom stereocenters. The Bertz CT molecular complexity index is 1750. The topological polar surface area (TPSA) is 251 Å². The van der Waals surface area contributed by atoms with Crippen molar-refractivity contribution in [2.24, 2.45) is 10.9 Å². The number of fused-ring (bicyclic) bond motifs is 1. The number of aliphatic carboxylic acids is 2. The zero-order valence-electron chi connectivity index (χ0n) is 27.0. The smallest absolute Gasteiger partial charge is 0.326 e. The standard InChI is InChI=1S/C31H43ClN6O9S2/c1-19(35-23(29(40)41)11-10-20-7-3-2-4-8-20)28(39)38(25(30(42)43)9-5-6-16-33)21-12-14-31(15-13-21)36-24-17-22(32)26(48(34,44)45)18-27(24)49(46,47)37-31/h2-4,7-8,17-19,21,23,25,35-37H,5-6,9-16,33H2,1H3,(H,40,41)(H,42,43)(H2,34,44,45)/t19-,21?,23-,25?,31?/m0/s1. The van der Waals surface area contributed by atoms with Crippen LogP contribution in [0.15, 0.2) is 52.3 Å². The average molecular weight is 743 g/mol. The Hall–Kier alpha value is -3.32. The number of amides is 1. The van der Waals surface area contributed by atoms with E-state index in [9.17, 15) is 41.4 Å². The van der Waals surface area contributed by atoms with E-state index in [0.717, 1.165) is 11.6 Å². The maximum atomic E-state index is 14.1. The van der Waals surface area contributed by atoms with Crippen molar-refractivity contribution in [2.75, 3.05) is 11.9 Å². The molecule has 2 aromatic rings. The predicted octanol–water partition coefficient (Wildman–Crippen LogP) is 1.81. The molecule has 1 aliphatic carbocycles. The van der Waals surface area contributed by atoms with Crippen molar-refractivity contribution in [3.8, 4) is 0 Å². The number of carbonyl (C=O) groups excluding carboxylic acids is 1. The Morgan fingerprint density at radius 2 is 1.73 bits per heavy atom. The second kappa shape index (κ2) is 15.7. The lowest BCUT2D eigenvalue weighted by Gasteiger charge is -2.48. The van der Waals surface area contributed by atoms with Gasteiger partial charge in [0.1, 0.15) is 27.5 Å². The predicted molar refractivity (Wildman–Crippen MR) is 182 cm³/mol. The summed E-state index contributed by atoms with van der Waals surface area (Å²) in [5.74, 6) is -2.95. The first-order chi connectivity index (χ1) is 23.0. The van der Waals surface area contributed by atoms with Crippen LogP contribution in [0.4, 0.5) is 5.69 Å². The number of hydrogen-bond acceptors (Lipinski definition) is 10. The number of halogens is 1. The van der Waals surface area contributed by atoms with Crippen molar-refractivity contribution < 1.29 is 41.4 Å². The van der Waals surface area contributed by atoms with Crippen molar-refractivity contribution in [2.45, 2.75) is 104 Å². The van der Waals surface area contributed by atoms with Gasteiger partial charge in [0.05, 0.1) is 16.8 Å². The number of anilines is 1. The number of nitrogens with two attached hydrogens (primary N) is 2. The summed E-state index contributed by atoms with van der Waals surface area (Å²) >= 11 is 6.15. The summed E-state index contributed by atoms with van der Waals surface area (Å²) in [6.07, 6.45) is 2.34. The van der Waals surface area contributed by atoms with Crippen LogP contribution in [0.5, 0.6) is 0 Å². The van der Waals surface area contributed by atoms with Crippen LogP contribution in [0.1, 0.15) is 63.9 Å². The van der Waals surface area contributed by atoms with Gasteiger partial charge in [-0.1, -0.05) is 41.9 Å². The molecule has 9 N–H and O–H groups in total. The van der Waals surface area contributed by atoms with E-state index in [1.165, 1.54) is 17.9 Å². The van der Waals surface area contributed by atoms with E-state index in [-0.39, 0.29) is 54.1 Å². The lowest BCUT2D eigenvalue weighted by Crippen LogP contribution is -2.63. The van der Waals surface area contributed by atoms with E-state index < -0.39 is 72.6 Å². The van der Waals surface area contributed by atoms with Crippen LogP contribution in [0.3, 0.4) is 0 Å². The van der Waals surface area contributed by atoms with Crippen molar-refractivity contribution >= 4 is 55.2 Å². The minimum absolute atomic E-state index is 0.0702. The Morgan fingerprint density at radius 3 is 2.31 bits per heavy atom. The van der Waals surface area contributed by atoms with Crippen LogP contribution >= 0.6 is 11.6 Å². The van der Waals surface area contributed by atoms with Crippen molar-refractivity contribution in [3.63, 3.8) is 0 Å². The highest BCUT2D eigenvalue weighted by molar-refractivity contribution is 7.90. The number of nitrogens with zero attached hydrogens (tertiary/aromatic N) is 1. The van der Waals surface area contributed by atoms with E-state index in [4.69, 9.17) is 22.5 Å². The van der Waals surface area contributed by atoms with Gasteiger partial charge >= 0.3 is 11.9 Å². The number of hydrogen-bond donors (Lipinski definition) is 7. The normalized spacial score (nSPS) is 21.9. The van der Waals surface area contributed by atoms with Gasteiger partial charge in [0.25, 0.3) is 0 Å². The monoisotopic (exact) mass is 742 g/mol. The molecule has 0 bridgehead atoms. The molecule has 2 aromatic carbocycles. The van der Waals surface area contributed by atoms with E-state index in [1.807, 2.05) is 30.3 Å². The summed E-state index contributed by atoms with van der Waals surface area (Å²) in [6.45, 7) is 1.84. The molecular formula is C31H43ClN6O9S2. The van der Waals surface area contributed by atoms with Crippen LogP contribution in [-0.2, 0) is 40.9 Å². The van der Waals surface area contributed by atoms with Gasteiger partial charge in [-0.15, -0.1) is 0 Å². The van der Waals surface area contributed by atoms with Gasteiger partial charge in [-0.05, 0) is 89.0 Å². The molecule has 1 fully saturated rings. The van der Waals surface area contributed by atoms with Gasteiger partial charge in [-0.25, -0.2) is 26.8 Å². The fourth-order valence-corrected chi connectivity index (χ4v) is 9.28. The molecule has 4 rings (SSSR count). The Kier molecular flexibility index (Phi) is 12.3. The summed E-state index contributed by atoms with van der Waals surface area (Å²) in [7, 11) is -8.57. The highest BCUT2D eigenvalue weighted by atomic mass is 35.5. The number of aryl methyl sites for hydroxylation is 1. The molecule has 18 heteroatoms. The first-order valence-electron chi connectivity index (χ1n) is 15.9. The minimum Gasteiger partial charge on any atom is -0.480 e. The first-order valence-corrected chi connectivity index (χ1v) is 19.3. The lowest BCUT2D eigenvalue weighted by atomic mass is 9.84. The largest absolute Gasteiger partial charge is 0.480 e. The molecule has 49 heavy (non-hydrogen) atoms. The fraction of sp³-hybridized carbons (Fsp3) is 0.516. The quantitative estimate of drug-likeness (QED) is 0.129. The van der Waals surface area contributed by atoms with Gasteiger partial charge < -0.3 is 26.2 Å². The number of rotatable bonds is 15. The molecule has 15 nitrogen and oxygen atoms in total. The third kappa shape index (κ3) is 9.27. The molecule has 1 amide bonds. The number of benzene rings is 2. The second-order valence-electron chi connectivity index (χ2n) is 12.6. The molecule has 270 valence electrons. The van der Waals surface area contributed by atoms with E-state index in [0.29, 0.717) is 25.8 Å². The first kappa shape index (κ1) is 38.5. The zero-order chi connectivity index (χ0) is 36.1. The summed E-state index contributed by atoms with van der Waals surface area (Å²) in [4.78, 5) is 39.3. The highest BCUT2D eigenvalue weighted by Crippen LogP contribution is 2.41. The Morgan fingerprint density at radius 1 is 1.08 bits per heavy atom. The van der Waals surface area contributed by atoms with Crippen molar-refractivity contribution in [3.05, 3.63) is 53.1 Å². The number of primary sulfonamides is 1. The van der Waals surface area contributed by atoms with E-state index >= 15 is 0 Å². The maximum Gasteiger partial charge on any atom is 0.326 e. The molecule has 0 aromatic heterocycles. The third-order valence-corrected chi connectivity index (χ3v) is 12.0. The molecule has 1 spiro atoms. The van der Waals surface area contributed by atoms with Crippen molar-refractivity contribution in [1.29, 1.82) is 0 Å². The molecule has 1 heterocycles. The molecule has 2 aliphatic rings. The fourth-order valence-electron chi connectivity index (χ4n) is 6.55. The number of carboxylic acids is 2. The van der Waals surface area contributed by atoms with E-state index in [1.54, 1.807) is 0 Å². The number of unbranched alkanes of at least 4 members (excludes halogenated alkanes) is 1. The SMILES string of the molecule is C[C@H](N[C@@H](CCc1ccccc1)C(=O)O)C(=O)N(C1CCC2(CC1)Nc1cc(Cl)c(S(N)(=O)=O)cc1S(=O)(=O)N2)C(CCCCN)C(=O)O. The summed E-state index contributed by atoms with van der Waals surface area (Å²) in [6, 6.07) is 7.36. The minimum atomic E-state index is -4.32. The molecule has 1 saturated carbocycles. The van der Waals surface area contributed by atoms with Gasteiger partial charge in [0.2, 0.25) is 26.0 Å². The molecule has 1 aliphatic heterocycles. The maximum absolute atomic E-state index is 14.1. The third-order valence-electron chi connectivity index (χ3n) is 9.03. The Balaban J connectivity index is 1.57. The molecular weight excluding hydrogens is 700 g/mol. The van der Waals surface area contributed by atoms with Gasteiger partial charge in [0, 0.05) is 6.04 Å². The van der Waals surface area contributed by atoms with Crippen molar-refractivity contribution in [1.82, 2.24) is 14.9 Å². The van der Waals surface area contributed by atoms with E-state index in [2.05, 4.69) is 15.4 Å². The molecule has 0 saturated heterocycles. The number of carbonyl (C=O) groups is 3. The van der Waals surface area contributed by atoms with Crippen LogP contribution in [-0.4, -0.2) is 86.2 Å². The average Bonchev–Trinajstić information content (AvgIpc) is 3.02. The lowest BCUT2D eigenvalue weighted by molar-refractivity contribution is -0.155. The summed E-state index contributed by atoms with van der Waals surface area (Å²) in [5.41, 5.74) is 5.41. The Labute approximate surface area is 290 Å². The molecule has 0 radical (unpaired) electrons. The molecule has 3 atom stereocenters. The van der Waals surface area contributed by atoms with Crippen LogP contribution in [0, 0.1) is 0 Å². The van der Waals surface area contributed by atoms with Crippen LogP contribution in [0.2, 0.25) is 5.02 Å². The second-order valence-corrected chi connectivity index (χ2v) is 16.1. The van der Waals surface area contributed by atoms with Gasteiger partial charge in [0.15, 0.2) is 0 Å². The van der Waals surface area contributed by atoms with Crippen LogP contribution in [0.25, 0.3) is 0 Å². The highest BCUT2D eigenvalue weighted by Gasteiger charge is 2.47. The van der Waals surface area contributed by atoms with Crippen LogP contribution < -0.4 is 26.2 Å².